The summed E-state index contributed by atoms with van der Waals surface area (Å²) < 4.78 is 67.7. The van der Waals surface area contributed by atoms with Crippen molar-refractivity contribution in [2.75, 3.05) is 13.1 Å². The van der Waals surface area contributed by atoms with Gasteiger partial charge in [0.2, 0.25) is 15.9 Å². The molecule has 2 aliphatic rings. The zero-order valence-electron chi connectivity index (χ0n) is 19.5. The molecule has 1 amide bonds. The number of amides is 1. The Morgan fingerprint density at radius 1 is 1.11 bits per heavy atom. The fraction of sp³-hybridized carbons (Fsp3) is 0.346. The van der Waals surface area contributed by atoms with Crippen LogP contribution in [0.25, 0.3) is 0 Å². The van der Waals surface area contributed by atoms with Crippen LogP contribution in [-0.2, 0) is 27.4 Å². The average Bonchev–Trinajstić information content (AvgIpc) is 3.57. The Kier molecular flexibility index (Phi) is 6.46. The monoisotopic (exact) mass is 534 g/mol. The number of sulfonamides is 1. The highest BCUT2D eigenvalue weighted by molar-refractivity contribution is 7.89. The molecule has 5 rings (SSSR count). The van der Waals surface area contributed by atoms with E-state index in [0.29, 0.717) is 31.9 Å². The molecule has 36 heavy (non-hydrogen) atoms. The number of rotatable bonds is 6. The van der Waals surface area contributed by atoms with Gasteiger partial charge >= 0.3 is 6.18 Å². The largest absolute Gasteiger partial charge is 0.416 e. The van der Waals surface area contributed by atoms with Crippen LogP contribution in [0.1, 0.15) is 46.0 Å². The van der Waals surface area contributed by atoms with E-state index >= 15 is 0 Å². The first kappa shape index (κ1) is 25.0. The van der Waals surface area contributed by atoms with Crippen LogP contribution in [0.5, 0.6) is 0 Å². The van der Waals surface area contributed by atoms with E-state index < -0.39 is 39.2 Å². The number of nitrogens with zero attached hydrogens (tertiary/aromatic N) is 2. The van der Waals surface area contributed by atoms with E-state index in [-0.39, 0.29) is 11.9 Å². The molecule has 1 unspecified atom stereocenters. The lowest BCUT2D eigenvalue weighted by molar-refractivity contribution is -0.137. The lowest BCUT2D eigenvalue weighted by atomic mass is 9.92. The molecule has 2 aromatic carbocycles. The SMILES string of the molecule is Cc1ccc(C2c3ccsc3CCN2C(=O)CN(C2CC2)S(=O)(=O)c2cccc(C(F)(F)F)c2)cc1. The summed E-state index contributed by atoms with van der Waals surface area (Å²) >= 11 is 1.64. The Morgan fingerprint density at radius 2 is 1.83 bits per heavy atom. The van der Waals surface area contributed by atoms with Gasteiger partial charge in [-0.25, -0.2) is 8.42 Å². The van der Waals surface area contributed by atoms with Crippen molar-refractivity contribution < 1.29 is 26.4 Å². The van der Waals surface area contributed by atoms with Crippen molar-refractivity contribution in [2.45, 2.75) is 49.3 Å². The van der Waals surface area contributed by atoms with Crippen LogP contribution in [-0.4, -0.2) is 42.7 Å². The number of alkyl halides is 3. The first-order valence-electron chi connectivity index (χ1n) is 11.7. The second kappa shape index (κ2) is 9.32. The number of aryl methyl sites for hydroxylation is 1. The highest BCUT2D eigenvalue weighted by atomic mass is 32.2. The van der Waals surface area contributed by atoms with E-state index in [4.69, 9.17) is 0 Å². The van der Waals surface area contributed by atoms with Crippen LogP contribution in [0.2, 0.25) is 0 Å². The van der Waals surface area contributed by atoms with Crippen molar-refractivity contribution in [3.8, 4) is 0 Å². The first-order valence-corrected chi connectivity index (χ1v) is 14.0. The maximum atomic E-state index is 13.7. The molecule has 3 aromatic rings. The second-order valence-corrected chi connectivity index (χ2v) is 12.1. The Balaban J connectivity index is 1.46. The predicted octanol–water partition coefficient (Wildman–Crippen LogP) is 5.40. The van der Waals surface area contributed by atoms with E-state index in [9.17, 15) is 26.4 Å². The van der Waals surface area contributed by atoms with Gasteiger partial charge in [0.15, 0.2) is 0 Å². The molecule has 1 atom stereocenters. The number of carbonyl (C=O) groups is 1. The molecule has 5 nitrogen and oxygen atoms in total. The van der Waals surface area contributed by atoms with Crippen LogP contribution in [0.4, 0.5) is 13.2 Å². The van der Waals surface area contributed by atoms with Crippen LogP contribution in [0.3, 0.4) is 0 Å². The van der Waals surface area contributed by atoms with E-state index in [1.165, 1.54) is 4.88 Å². The molecular formula is C26H25F3N2O3S2. The lowest BCUT2D eigenvalue weighted by Gasteiger charge is -2.37. The van der Waals surface area contributed by atoms with Gasteiger partial charge in [-0.05, 0) is 67.0 Å². The predicted molar refractivity (Wildman–Crippen MR) is 131 cm³/mol. The molecule has 1 fully saturated rings. The molecule has 0 spiro atoms. The topological polar surface area (TPSA) is 57.7 Å². The van der Waals surface area contributed by atoms with Gasteiger partial charge < -0.3 is 4.90 Å². The molecule has 1 saturated carbocycles. The van der Waals surface area contributed by atoms with Gasteiger partial charge in [0, 0.05) is 17.5 Å². The third kappa shape index (κ3) is 4.81. The number of benzene rings is 2. The minimum atomic E-state index is -4.67. The zero-order chi connectivity index (χ0) is 25.7. The minimum Gasteiger partial charge on any atom is -0.330 e. The first-order chi connectivity index (χ1) is 17.1. The van der Waals surface area contributed by atoms with Gasteiger partial charge in [-0.1, -0.05) is 35.9 Å². The van der Waals surface area contributed by atoms with Crippen molar-refractivity contribution in [1.29, 1.82) is 0 Å². The molecule has 10 heteroatoms. The van der Waals surface area contributed by atoms with Gasteiger partial charge in [-0.3, -0.25) is 4.79 Å². The molecule has 0 saturated heterocycles. The Bertz CT molecular complexity index is 1380. The molecule has 2 heterocycles. The molecule has 0 bridgehead atoms. The third-order valence-electron chi connectivity index (χ3n) is 6.69. The summed E-state index contributed by atoms with van der Waals surface area (Å²) in [6.07, 6.45) is -2.85. The summed E-state index contributed by atoms with van der Waals surface area (Å²) in [6, 6.07) is 12.9. The van der Waals surface area contributed by atoms with E-state index in [1.807, 2.05) is 42.6 Å². The molecule has 1 aliphatic carbocycles. The zero-order valence-corrected chi connectivity index (χ0v) is 21.2. The van der Waals surface area contributed by atoms with Gasteiger partial charge in [-0.15, -0.1) is 11.3 Å². The molecule has 0 radical (unpaired) electrons. The quantitative estimate of drug-likeness (QED) is 0.425. The van der Waals surface area contributed by atoms with E-state index in [2.05, 4.69) is 0 Å². The summed E-state index contributed by atoms with van der Waals surface area (Å²) in [5.41, 5.74) is 2.02. The average molecular weight is 535 g/mol. The smallest absolute Gasteiger partial charge is 0.330 e. The Labute approximate surface area is 212 Å². The molecular weight excluding hydrogens is 509 g/mol. The van der Waals surface area contributed by atoms with E-state index in [1.54, 1.807) is 16.2 Å². The summed E-state index contributed by atoms with van der Waals surface area (Å²) in [6.45, 7) is 2.01. The number of thiophene rings is 1. The fourth-order valence-electron chi connectivity index (χ4n) is 4.66. The molecule has 0 N–H and O–H groups in total. The molecule has 1 aromatic heterocycles. The lowest BCUT2D eigenvalue weighted by Crippen LogP contribution is -2.47. The Hall–Kier alpha value is -2.69. The van der Waals surface area contributed by atoms with Crippen molar-refractivity contribution in [3.05, 3.63) is 87.1 Å². The van der Waals surface area contributed by atoms with Gasteiger partial charge in [-0.2, -0.15) is 17.5 Å². The second-order valence-electron chi connectivity index (χ2n) is 9.26. The standard InChI is InChI=1S/C26H25F3N2O3S2/c1-17-5-7-18(8-6-17)25-22-12-14-35-23(22)11-13-30(25)24(32)16-31(20-9-10-20)36(33,34)21-4-2-3-19(15-21)26(27,28)29/h2-8,12,14-15,20,25H,9-11,13,16H2,1H3. The molecule has 190 valence electrons. The fourth-order valence-corrected chi connectivity index (χ4v) is 7.24. The van der Waals surface area contributed by atoms with Crippen LogP contribution in [0, 0.1) is 6.92 Å². The summed E-state index contributed by atoms with van der Waals surface area (Å²) in [5.74, 6) is -0.361. The maximum absolute atomic E-state index is 13.7. The number of hydrogen-bond donors (Lipinski definition) is 0. The summed E-state index contributed by atoms with van der Waals surface area (Å²) in [5, 5.41) is 1.99. The van der Waals surface area contributed by atoms with Crippen molar-refractivity contribution >= 4 is 27.3 Å². The summed E-state index contributed by atoms with van der Waals surface area (Å²) in [7, 11) is -4.30. The number of hydrogen-bond acceptors (Lipinski definition) is 4. The van der Waals surface area contributed by atoms with Crippen molar-refractivity contribution in [3.63, 3.8) is 0 Å². The van der Waals surface area contributed by atoms with Crippen LogP contribution < -0.4 is 0 Å². The van der Waals surface area contributed by atoms with Gasteiger partial charge in [0.1, 0.15) is 0 Å². The highest BCUT2D eigenvalue weighted by Gasteiger charge is 2.42. The number of halogens is 3. The Morgan fingerprint density at radius 3 is 2.50 bits per heavy atom. The van der Waals surface area contributed by atoms with Gasteiger partial charge in [0.05, 0.1) is 23.0 Å². The van der Waals surface area contributed by atoms with Crippen LogP contribution >= 0.6 is 11.3 Å². The van der Waals surface area contributed by atoms with E-state index in [0.717, 1.165) is 39.2 Å². The minimum absolute atomic E-state index is 0.342. The van der Waals surface area contributed by atoms with Crippen molar-refractivity contribution in [1.82, 2.24) is 9.21 Å². The number of carbonyl (C=O) groups excluding carboxylic acids is 1. The van der Waals surface area contributed by atoms with Crippen LogP contribution in [0.15, 0.2) is 64.9 Å². The van der Waals surface area contributed by atoms with Gasteiger partial charge in [0.25, 0.3) is 0 Å². The summed E-state index contributed by atoms with van der Waals surface area (Å²) in [4.78, 5) is 16.1. The maximum Gasteiger partial charge on any atom is 0.416 e. The molecule has 1 aliphatic heterocycles. The number of fused-ring (bicyclic) bond motifs is 1. The highest BCUT2D eigenvalue weighted by Crippen LogP contribution is 2.39. The van der Waals surface area contributed by atoms with Crippen molar-refractivity contribution in [2.24, 2.45) is 0 Å². The normalized spacial score (nSPS) is 18.4. The third-order valence-corrected chi connectivity index (χ3v) is 9.58.